The van der Waals surface area contributed by atoms with Gasteiger partial charge in [0.1, 0.15) is 0 Å². The largest absolute Gasteiger partial charge is 0.309 e. The van der Waals surface area contributed by atoms with Gasteiger partial charge in [-0.1, -0.05) is 153 Å². The predicted octanol–water partition coefficient (Wildman–Crippen LogP) is 13.3. The third kappa shape index (κ3) is 5.17. The molecule has 0 spiro atoms. The molecule has 0 heterocycles. The molecule has 7 aromatic rings. The molecule has 2 aliphatic rings. The summed E-state index contributed by atoms with van der Waals surface area (Å²) in [6.45, 7) is 4.74. The van der Waals surface area contributed by atoms with Crippen molar-refractivity contribution in [3.05, 3.63) is 186 Å². The summed E-state index contributed by atoms with van der Waals surface area (Å²) in [5.41, 5.74) is 19.2. The average molecular weight is 644 g/mol. The fraction of sp³-hybridized carbons (Fsp3) is 0.143. The van der Waals surface area contributed by atoms with E-state index in [1.807, 2.05) is 0 Å². The van der Waals surface area contributed by atoms with Gasteiger partial charge in [-0.3, -0.25) is 0 Å². The van der Waals surface area contributed by atoms with Gasteiger partial charge in [0.25, 0.3) is 0 Å². The lowest BCUT2D eigenvalue weighted by Crippen LogP contribution is -2.17. The molecule has 1 heteroatoms. The van der Waals surface area contributed by atoms with E-state index in [-0.39, 0.29) is 5.41 Å². The van der Waals surface area contributed by atoms with Crippen LogP contribution in [0.5, 0.6) is 0 Å². The molecule has 0 aromatic heterocycles. The van der Waals surface area contributed by atoms with Crippen molar-refractivity contribution in [2.75, 3.05) is 4.90 Å². The minimum Gasteiger partial charge on any atom is -0.309 e. The molecule has 9 rings (SSSR count). The zero-order valence-corrected chi connectivity index (χ0v) is 28.9. The number of benzene rings is 7. The van der Waals surface area contributed by atoms with Crippen molar-refractivity contribution in [2.45, 2.75) is 44.9 Å². The molecule has 0 radical (unpaired) electrons. The van der Waals surface area contributed by atoms with E-state index in [0.29, 0.717) is 0 Å². The van der Waals surface area contributed by atoms with E-state index in [0.717, 1.165) is 11.4 Å². The van der Waals surface area contributed by atoms with E-state index in [1.165, 1.54) is 98.1 Å². The number of para-hydroxylation sites is 1. The van der Waals surface area contributed by atoms with Crippen LogP contribution in [0.3, 0.4) is 0 Å². The van der Waals surface area contributed by atoms with Crippen molar-refractivity contribution in [1.82, 2.24) is 0 Å². The number of anilines is 3. The van der Waals surface area contributed by atoms with Crippen LogP contribution in [-0.4, -0.2) is 0 Å². The summed E-state index contributed by atoms with van der Waals surface area (Å²) in [6.07, 6.45) is 4.98. The maximum Gasteiger partial charge on any atom is 0.0618 e. The summed E-state index contributed by atoms with van der Waals surface area (Å²) >= 11 is 0. The van der Waals surface area contributed by atoms with Crippen LogP contribution in [0, 0.1) is 0 Å². The lowest BCUT2D eigenvalue weighted by molar-refractivity contribution is 0.660. The van der Waals surface area contributed by atoms with Crippen LogP contribution in [0.15, 0.2) is 164 Å². The topological polar surface area (TPSA) is 3.24 Å². The Morgan fingerprint density at radius 3 is 1.66 bits per heavy atom. The standard InChI is InChI=1S/C49H41N/c1-49(2)46-23-12-11-20-44(46)45-31-30-41(33-47(45)49)50(40-28-26-35(27-29-40)39-25-24-34-14-9-10-19-38(34)32-39)48-42(36-15-5-3-6-16-36)21-13-22-43(48)37-17-7-4-8-18-37/h3-8,11-13,15-18,20-33H,9-10,14,19H2,1-2H3. The molecule has 50 heavy (non-hydrogen) atoms. The Labute approximate surface area is 296 Å². The Kier molecular flexibility index (Phi) is 7.50. The van der Waals surface area contributed by atoms with E-state index in [2.05, 4.69) is 183 Å². The van der Waals surface area contributed by atoms with Gasteiger partial charge >= 0.3 is 0 Å². The summed E-state index contributed by atoms with van der Waals surface area (Å²) < 4.78 is 0. The quantitative estimate of drug-likeness (QED) is 0.174. The fourth-order valence-corrected chi connectivity index (χ4v) is 8.44. The molecule has 1 nitrogen and oxygen atoms in total. The second-order valence-corrected chi connectivity index (χ2v) is 14.4. The molecule has 0 aliphatic heterocycles. The van der Waals surface area contributed by atoms with Crippen LogP contribution in [0.1, 0.15) is 48.9 Å². The van der Waals surface area contributed by atoms with Gasteiger partial charge in [0.05, 0.1) is 5.69 Å². The van der Waals surface area contributed by atoms with E-state index in [9.17, 15) is 0 Å². The summed E-state index contributed by atoms with van der Waals surface area (Å²) in [7, 11) is 0. The van der Waals surface area contributed by atoms with Gasteiger partial charge in [0.2, 0.25) is 0 Å². The van der Waals surface area contributed by atoms with E-state index in [4.69, 9.17) is 0 Å². The van der Waals surface area contributed by atoms with Crippen LogP contribution in [0.4, 0.5) is 17.1 Å². The normalized spacial score (nSPS) is 14.0. The lowest BCUT2D eigenvalue weighted by Gasteiger charge is -2.32. The highest BCUT2D eigenvalue weighted by molar-refractivity contribution is 5.98. The first-order valence-corrected chi connectivity index (χ1v) is 18.1. The lowest BCUT2D eigenvalue weighted by atomic mass is 9.82. The van der Waals surface area contributed by atoms with Crippen molar-refractivity contribution in [1.29, 1.82) is 0 Å². The summed E-state index contributed by atoms with van der Waals surface area (Å²) in [5, 5.41) is 0. The van der Waals surface area contributed by atoms with Crippen molar-refractivity contribution in [2.24, 2.45) is 0 Å². The molecular weight excluding hydrogens is 603 g/mol. The van der Waals surface area contributed by atoms with Gasteiger partial charge in [-0.25, -0.2) is 0 Å². The van der Waals surface area contributed by atoms with Crippen molar-refractivity contribution >= 4 is 17.1 Å². The van der Waals surface area contributed by atoms with E-state index >= 15 is 0 Å². The summed E-state index contributed by atoms with van der Waals surface area (Å²) in [5.74, 6) is 0. The zero-order valence-electron chi connectivity index (χ0n) is 28.9. The Balaban J connectivity index is 1.26. The molecule has 7 aromatic carbocycles. The molecule has 0 amide bonds. The maximum absolute atomic E-state index is 2.50. The molecule has 0 fully saturated rings. The maximum atomic E-state index is 2.50. The number of hydrogen-bond acceptors (Lipinski definition) is 1. The third-order valence-electron chi connectivity index (χ3n) is 11.1. The van der Waals surface area contributed by atoms with Crippen LogP contribution < -0.4 is 4.90 Å². The van der Waals surface area contributed by atoms with Crippen LogP contribution in [0.2, 0.25) is 0 Å². The number of aryl methyl sites for hydroxylation is 2. The van der Waals surface area contributed by atoms with Gasteiger partial charge in [-0.15, -0.1) is 0 Å². The van der Waals surface area contributed by atoms with Crippen molar-refractivity contribution in [3.63, 3.8) is 0 Å². The molecule has 0 atom stereocenters. The summed E-state index contributed by atoms with van der Waals surface area (Å²) in [6, 6.07) is 60.8. The molecule has 0 unspecified atom stereocenters. The minimum atomic E-state index is -0.106. The average Bonchev–Trinajstić information content (AvgIpc) is 3.41. The molecule has 0 N–H and O–H groups in total. The Bertz CT molecular complexity index is 2270. The Morgan fingerprint density at radius 1 is 0.400 bits per heavy atom. The highest BCUT2D eigenvalue weighted by Gasteiger charge is 2.36. The van der Waals surface area contributed by atoms with Gasteiger partial charge in [-0.2, -0.15) is 0 Å². The Hall–Kier alpha value is -5.66. The van der Waals surface area contributed by atoms with E-state index < -0.39 is 0 Å². The Morgan fingerprint density at radius 2 is 0.960 bits per heavy atom. The molecular formula is C49H41N. The highest BCUT2D eigenvalue weighted by Crippen LogP contribution is 2.52. The van der Waals surface area contributed by atoms with Crippen LogP contribution >= 0.6 is 0 Å². The molecule has 0 saturated carbocycles. The number of hydrogen-bond donors (Lipinski definition) is 0. The number of rotatable bonds is 6. The van der Waals surface area contributed by atoms with Gasteiger partial charge in [0.15, 0.2) is 0 Å². The minimum absolute atomic E-state index is 0.106. The van der Waals surface area contributed by atoms with Crippen molar-refractivity contribution < 1.29 is 0 Å². The monoisotopic (exact) mass is 643 g/mol. The van der Waals surface area contributed by atoms with E-state index in [1.54, 1.807) is 0 Å². The second kappa shape index (κ2) is 12.3. The van der Waals surface area contributed by atoms with Gasteiger partial charge in [0, 0.05) is 27.9 Å². The third-order valence-corrected chi connectivity index (χ3v) is 11.1. The smallest absolute Gasteiger partial charge is 0.0618 e. The van der Waals surface area contributed by atoms with Gasteiger partial charge < -0.3 is 4.90 Å². The molecule has 242 valence electrons. The zero-order chi connectivity index (χ0) is 33.7. The first-order valence-electron chi connectivity index (χ1n) is 18.1. The molecule has 0 saturated heterocycles. The van der Waals surface area contributed by atoms with Crippen LogP contribution in [-0.2, 0) is 18.3 Å². The second-order valence-electron chi connectivity index (χ2n) is 14.4. The first kappa shape index (κ1) is 30.4. The predicted molar refractivity (Wildman–Crippen MR) is 212 cm³/mol. The van der Waals surface area contributed by atoms with Gasteiger partial charge in [-0.05, 0) is 106 Å². The SMILES string of the molecule is CC1(C)c2ccccc2-c2ccc(N(c3ccc(-c4ccc5c(c4)CCCC5)cc3)c3c(-c4ccccc4)cccc3-c3ccccc3)cc21. The van der Waals surface area contributed by atoms with Crippen molar-refractivity contribution in [3.8, 4) is 44.5 Å². The highest BCUT2D eigenvalue weighted by atomic mass is 15.1. The number of fused-ring (bicyclic) bond motifs is 4. The summed E-state index contributed by atoms with van der Waals surface area (Å²) in [4.78, 5) is 2.50. The first-order chi connectivity index (χ1) is 24.6. The molecule has 2 aliphatic carbocycles. The fourth-order valence-electron chi connectivity index (χ4n) is 8.44. The van der Waals surface area contributed by atoms with Crippen LogP contribution in [0.25, 0.3) is 44.5 Å². The molecule has 0 bridgehead atoms. The number of nitrogens with zero attached hydrogens (tertiary/aromatic N) is 1.